The molecule has 0 saturated carbocycles. The summed E-state index contributed by atoms with van der Waals surface area (Å²) < 4.78 is 122. The summed E-state index contributed by atoms with van der Waals surface area (Å²) in [5.41, 5.74) is 0. The number of carbonyl (C=O) groups is 1. The minimum atomic E-state index is -7.17. The molecule has 0 fully saturated rings. The Labute approximate surface area is 165 Å². The van der Waals surface area contributed by atoms with Gasteiger partial charge in [0.1, 0.15) is 0 Å². The SMILES string of the molecule is O=C(OI(c1ccccc1)c1ccccc1)C(F)(F)C(F)(F)C(F)(F)C(F)(F)F. The molecular formula is C17H10F9IO2. The molecule has 2 aromatic rings. The van der Waals surface area contributed by atoms with Crippen LogP contribution in [-0.4, -0.2) is 29.9 Å². The second-order valence-corrected chi connectivity index (χ2v) is 9.78. The van der Waals surface area contributed by atoms with Crippen molar-refractivity contribution in [1.82, 2.24) is 0 Å². The van der Waals surface area contributed by atoms with E-state index in [0.29, 0.717) is 0 Å². The first-order valence-corrected chi connectivity index (χ1v) is 10.5. The molecule has 2 rings (SSSR count). The molecule has 0 amide bonds. The van der Waals surface area contributed by atoms with Gasteiger partial charge < -0.3 is 0 Å². The van der Waals surface area contributed by atoms with Crippen molar-refractivity contribution < 1.29 is 47.4 Å². The van der Waals surface area contributed by atoms with Crippen LogP contribution in [0.3, 0.4) is 0 Å². The molecule has 0 bridgehead atoms. The number of hydrogen-bond donors (Lipinski definition) is 0. The van der Waals surface area contributed by atoms with E-state index in [4.69, 9.17) is 0 Å². The Kier molecular flexibility index (Phi) is 6.45. The third kappa shape index (κ3) is 4.31. The molecule has 0 aliphatic rings. The normalized spacial score (nSPS) is 13.8. The van der Waals surface area contributed by atoms with Crippen LogP contribution in [0.4, 0.5) is 39.5 Å². The number of hydrogen-bond acceptors (Lipinski definition) is 2. The number of carbonyl (C=O) groups excluding carboxylic acids is 1. The van der Waals surface area contributed by atoms with Gasteiger partial charge in [0.05, 0.1) is 0 Å². The van der Waals surface area contributed by atoms with Crippen LogP contribution in [0.25, 0.3) is 0 Å². The zero-order chi connectivity index (χ0) is 22.1. The summed E-state index contributed by atoms with van der Waals surface area (Å²) in [5, 5.41) is 0. The molecule has 0 radical (unpaired) electrons. The number of halogens is 10. The Morgan fingerprint density at radius 2 is 1.03 bits per heavy atom. The van der Waals surface area contributed by atoms with Gasteiger partial charge in [-0.05, 0) is 0 Å². The summed E-state index contributed by atoms with van der Waals surface area (Å²) in [5.74, 6) is -23.8. The second kappa shape index (κ2) is 8.03. The van der Waals surface area contributed by atoms with Crippen LogP contribution in [0.2, 0.25) is 0 Å². The van der Waals surface area contributed by atoms with Crippen LogP contribution < -0.4 is 0 Å². The quantitative estimate of drug-likeness (QED) is 0.322. The third-order valence-electron chi connectivity index (χ3n) is 3.41. The van der Waals surface area contributed by atoms with Crippen LogP contribution in [0.1, 0.15) is 0 Å². The van der Waals surface area contributed by atoms with Crippen molar-refractivity contribution in [3.05, 3.63) is 67.8 Å². The predicted molar refractivity (Wildman–Crippen MR) is 91.3 cm³/mol. The van der Waals surface area contributed by atoms with E-state index in [1.807, 2.05) is 0 Å². The summed E-state index contributed by atoms with van der Waals surface area (Å²) in [6.45, 7) is 0. The van der Waals surface area contributed by atoms with Crippen molar-refractivity contribution in [2.45, 2.75) is 23.9 Å². The zero-order valence-corrected chi connectivity index (χ0v) is 16.0. The van der Waals surface area contributed by atoms with E-state index < -0.39 is 50.1 Å². The third-order valence-corrected chi connectivity index (χ3v) is 7.95. The Morgan fingerprint density at radius 3 is 1.38 bits per heavy atom. The summed E-state index contributed by atoms with van der Waals surface area (Å²) in [6.07, 6.45) is -7.02. The first-order chi connectivity index (χ1) is 13.2. The van der Waals surface area contributed by atoms with E-state index in [9.17, 15) is 44.3 Å². The monoisotopic (exact) mass is 544 g/mol. The topological polar surface area (TPSA) is 26.3 Å². The van der Waals surface area contributed by atoms with Gasteiger partial charge in [-0.15, -0.1) is 0 Å². The number of rotatable bonds is 6. The average Bonchev–Trinajstić information content (AvgIpc) is 2.66. The summed E-state index contributed by atoms with van der Waals surface area (Å²) in [7, 11) is 0. The van der Waals surface area contributed by atoms with Crippen LogP contribution in [0, 0.1) is 7.14 Å². The van der Waals surface area contributed by atoms with Crippen LogP contribution in [-0.2, 0) is 7.86 Å². The van der Waals surface area contributed by atoms with Crippen LogP contribution in [0.5, 0.6) is 0 Å². The molecular weight excluding hydrogens is 534 g/mol. The number of alkyl halides is 9. The Bertz CT molecular complexity index is 799. The van der Waals surface area contributed by atoms with Crippen LogP contribution >= 0.6 is 20.2 Å². The average molecular weight is 544 g/mol. The van der Waals surface area contributed by atoms with Crippen LogP contribution in [0.15, 0.2) is 60.7 Å². The van der Waals surface area contributed by atoms with E-state index >= 15 is 0 Å². The maximum atomic E-state index is 13.8. The van der Waals surface area contributed by atoms with Crippen molar-refractivity contribution in [3.63, 3.8) is 0 Å². The Balaban J connectivity index is 2.43. The molecule has 2 nitrogen and oxygen atoms in total. The zero-order valence-electron chi connectivity index (χ0n) is 13.9. The van der Waals surface area contributed by atoms with Gasteiger partial charge in [0.15, 0.2) is 0 Å². The Morgan fingerprint density at radius 1 is 0.655 bits per heavy atom. The molecule has 0 heterocycles. The first-order valence-electron chi connectivity index (χ1n) is 7.46. The van der Waals surface area contributed by atoms with Crippen molar-refractivity contribution in [2.24, 2.45) is 0 Å². The van der Waals surface area contributed by atoms with Gasteiger partial charge in [-0.25, -0.2) is 0 Å². The van der Waals surface area contributed by atoms with Gasteiger partial charge in [0, 0.05) is 0 Å². The summed E-state index contributed by atoms with van der Waals surface area (Å²) >= 11 is -3.68. The molecule has 0 atom stereocenters. The molecule has 2 aromatic carbocycles. The molecule has 12 heteroatoms. The van der Waals surface area contributed by atoms with E-state index in [0.717, 1.165) is 0 Å². The fourth-order valence-electron chi connectivity index (χ4n) is 1.90. The molecule has 0 aliphatic heterocycles. The first kappa shape index (κ1) is 23.3. The van der Waals surface area contributed by atoms with Gasteiger partial charge in [0.2, 0.25) is 0 Å². The van der Waals surface area contributed by atoms with Gasteiger partial charge >= 0.3 is 165 Å². The fourth-order valence-corrected chi connectivity index (χ4v) is 5.94. The Hall–Kier alpha value is -1.99. The number of benzene rings is 2. The van der Waals surface area contributed by atoms with E-state index in [1.165, 1.54) is 60.7 Å². The molecule has 160 valence electrons. The van der Waals surface area contributed by atoms with E-state index in [1.54, 1.807) is 0 Å². The molecule has 0 N–H and O–H groups in total. The minimum absolute atomic E-state index is 0.151. The molecule has 0 aliphatic carbocycles. The molecule has 0 saturated heterocycles. The van der Waals surface area contributed by atoms with Crippen molar-refractivity contribution in [2.75, 3.05) is 0 Å². The fraction of sp³-hybridized carbons (Fsp3) is 0.235. The van der Waals surface area contributed by atoms with Crippen molar-refractivity contribution >= 4 is 26.2 Å². The summed E-state index contributed by atoms with van der Waals surface area (Å²) in [4.78, 5) is 11.7. The molecule has 0 aromatic heterocycles. The predicted octanol–water partition coefficient (Wildman–Crippen LogP) is 6.16. The summed E-state index contributed by atoms with van der Waals surface area (Å²) in [6, 6.07) is 14.0. The standard InChI is InChI=1S/C17H10F9IO2/c18-14(19,15(20,21)16(22,23)17(24,25)26)13(28)29-27(11-7-3-1-4-8-11)12-9-5-2-6-10-12/h1-10H. The molecule has 29 heavy (non-hydrogen) atoms. The molecule has 0 unspecified atom stereocenters. The molecule has 0 spiro atoms. The van der Waals surface area contributed by atoms with Gasteiger partial charge in [-0.2, -0.15) is 0 Å². The van der Waals surface area contributed by atoms with Gasteiger partial charge in [0.25, 0.3) is 0 Å². The van der Waals surface area contributed by atoms with Gasteiger partial charge in [-0.1, -0.05) is 0 Å². The van der Waals surface area contributed by atoms with Crippen molar-refractivity contribution in [1.29, 1.82) is 0 Å². The second-order valence-electron chi connectivity index (χ2n) is 5.43. The maximum absolute atomic E-state index is 13.8. The van der Waals surface area contributed by atoms with E-state index in [2.05, 4.69) is 3.07 Å². The van der Waals surface area contributed by atoms with Crippen molar-refractivity contribution in [3.8, 4) is 0 Å². The van der Waals surface area contributed by atoms with E-state index in [-0.39, 0.29) is 7.14 Å². The van der Waals surface area contributed by atoms with Gasteiger partial charge in [-0.3, -0.25) is 0 Å².